The fourth-order valence-electron chi connectivity index (χ4n) is 5.20. The molecule has 3 saturated carbocycles. The van der Waals surface area contributed by atoms with Crippen LogP contribution in [0.25, 0.3) is 0 Å². The highest BCUT2D eigenvalue weighted by molar-refractivity contribution is 5.30. The summed E-state index contributed by atoms with van der Waals surface area (Å²) in [7, 11) is 2.12. The lowest BCUT2D eigenvalue weighted by atomic mass is 9.92. The molecule has 5 atom stereocenters. The zero-order chi connectivity index (χ0) is 12.3. The van der Waals surface area contributed by atoms with Crippen LogP contribution >= 0.6 is 0 Å². The van der Waals surface area contributed by atoms with E-state index in [1.807, 2.05) is 6.20 Å². The Bertz CT molecular complexity index is 454. The molecule has 0 radical (unpaired) electrons. The molecule has 0 spiro atoms. The summed E-state index contributed by atoms with van der Waals surface area (Å²) in [5, 5.41) is 3.58. The molecule has 3 aliphatic rings. The molecule has 96 valence electrons. The first-order valence-electron chi connectivity index (χ1n) is 7.39. The van der Waals surface area contributed by atoms with Crippen molar-refractivity contribution >= 4 is 0 Å². The molecule has 0 amide bonds. The van der Waals surface area contributed by atoms with Crippen LogP contribution in [0.3, 0.4) is 0 Å². The quantitative estimate of drug-likeness (QED) is 0.881. The van der Waals surface area contributed by atoms with Gasteiger partial charge < -0.3 is 5.32 Å². The summed E-state index contributed by atoms with van der Waals surface area (Å²) in [5.74, 6) is 5.06. The molecule has 0 aliphatic heterocycles. The van der Waals surface area contributed by atoms with Crippen LogP contribution in [0.15, 0.2) is 18.5 Å². The number of nitrogens with zero attached hydrogens (tertiary/aromatic N) is 1. The lowest BCUT2D eigenvalue weighted by Gasteiger charge is -2.21. The largest absolute Gasteiger partial charge is 0.313 e. The molecule has 2 bridgehead atoms. The highest BCUT2D eigenvalue weighted by Gasteiger charge is 2.66. The molecule has 0 aromatic carbocycles. The van der Waals surface area contributed by atoms with Crippen molar-refractivity contribution in [3.05, 3.63) is 29.6 Å². The maximum atomic E-state index is 4.33. The van der Waals surface area contributed by atoms with Crippen LogP contribution in [0, 0.1) is 36.5 Å². The molecule has 2 heteroatoms. The highest BCUT2D eigenvalue weighted by atomic mass is 14.9. The van der Waals surface area contributed by atoms with Gasteiger partial charge in [-0.25, -0.2) is 0 Å². The van der Waals surface area contributed by atoms with Crippen LogP contribution in [0.2, 0.25) is 0 Å². The Kier molecular flexibility index (Phi) is 2.32. The fraction of sp³-hybridized carbons (Fsp3) is 0.688. The number of nitrogens with one attached hydrogen (secondary N) is 1. The number of pyridine rings is 1. The summed E-state index contributed by atoms with van der Waals surface area (Å²) < 4.78 is 0. The van der Waals surface area contributed by atoms with E-state index in [-0.39, 0.29) is 0 Å². The van der Waals surface area contributed by atoms with Crippen molar-refractivity contribution in [1.82, 2.24) is 10.3 Å². The van der Waals surface area contributed by atoms with Gasteiger partial charge >= 0.3 is 0 Å². The van der Waals surface area contributed by atoms with Crippen LogP contribution < -0.4 is 5.32 Å². The summed E-state index contributed by atoms with van der Waals surface area (Å²) >= 11 is 0. The summed E-state index contributed by atoms with van der Waals surface area (Å²) in [6.45, 7) is 2.22. The smallest absolute Gasteiger partial charge is 0.0369 e. The van der Waals surface area contributed by atoms with E-state index in [0.29, 0.717) is 6.04 Å². The van der Waals surface area contributed by atoms with E-state index >= 15 is 0 Å². The van der Waals surface area contributed by atoms with E-state index < -0.39 is 0 Å². The van der Waals surface area contributed by atoms with Gasteiger partial charge in [0, 0.05) is 18.4 Å². The summed E-state index contributed by atoms with van der Waals surface area (Å²) in [6.07, 6.45) is 8.53. The van der Waals surface area contributed by atoms with Gasteiger partial charge in [-0.3, -0.25) is 4.98 Å². The third-order valence-corrected chi connectivity index (χ3v) is 5.91. The number of fused-ring (bicyclic) bond motifs is 5. The molecule has 4 rings (SSSR count). The Morgan fingerprint density at radius 3 is 2.61 bits per heavy atom. The second-order valence-electron chi connectivity index (χ2n) is 6.56. The lowest BCUT2D eigenvalue weighted by molar-refractivity contribution is 0.384. The number of rotatable bonds is 3. The Morgan fingerprint density at radius 1 is 1.28 bits per heavy atom. The minimum absolute atomic E-state index is 0.539. The SMILES string of the molecule is CNC(c1cnccc1C)C1C2C3CCC(C3)C21. The molecular weight excluding hydrogens is 220 g/mol. The first-order chi connectivity index (χ1) is 8.81. The van der Waals surface area contributed by atoms with Crippen molar-refractivity contribution in [3.8, 4) is 0 Å². The lowest BCUT2D eigenvalue weighted by Crippen LogP contribution is -2.23. The number of aromatic nitrogens is 1. The zero-order valence-corrected chi connectivity index (χ0v) is 11.3. The maximum absolute atomic E-state index is 4.33. The second kappa shape index (κ2) is 3.80. The molecule has 3 aliphatic carbocycles. The van der Waals surface area contributed by atoms with Crippen molar-refractivity contribution in [1.29, 1.82) is 0 Å². The molecule has 5 unspecified atom stereocenters. The molecule has 0 saturated heterocycles. The third kappa shape index (κ3) is 1.36. The molecule has 1 aromatic rings. The van der Waals surface area contributed by atoms with Gasteiger partial charge in [0.15, 0.2) is 0 Å². The van der Waals surface area contributed by atoms with Crippen molar-refractivity contribution in [2.24, 2.45) is 29.6 Å². The molecule has 1 aromatic heterocycles. The number of hydrogen-bond acceptors (Lipinski definition) is 2. The average molecular weight is 242 g/mol. The predicted molar refractivity (Wildman–Crippen MR) is 72.1 cm³/mol. The summed E-state index contributed by atoms with van der Waals surface area (Å²) in [4.78, 5) is 4.33. The average Bonchev–Trinajstić information content (AvgIpc) is 2.81. The van der Waals surface area contributed by atoms with Crippen LogP contribution in [-0.2, 0) is 0 Å². The first kappa shape index (κ1) is 11.0. The van der Waals surface area contributed by atoms with Crippen LogP contribution in [0.1, 0.15) is 36.4 Å². The normalized spacial score (nSPS) is 41.8. The Hall–Kier alpha value is -0.890. The van der Waals surface area contributed by atoms with Gasteiger partial charge in [-0.1, -0.05) is 0 Å². The zero-order valence-electron chi connectivity index (χ0n) is 11.3. The highest BCUT2D eigenvalue weighted by Crippen LogP contribution is 2.72. The van der Waals surface area contributed by atoms with Crippen molar-refractivity contribution in [2.45, 2.75) is 32.2 Å². The fourth-order valence-corrected chi connectivity index (χ4v) is 5.20. The minimum atomic E-state index is 0.539. The van der Waals surface area contributed by atoms with Gasteiger partial charge in [-0.05, 0) is 80.0 Å². The third-order valence-electron chi connectivity index (χ3n) is 5.91. The topological polar surface area (TPSA) is 24.9 Å². The standard InChI is InChI=1S/C16H22N2/c1-9-5-6-18-8-12(9)16(17-2)15-13-10-3-4-11(7-10)14(13)15/h5-6,8,10-11,13-17H,3-4,7H2,1-2H3. The predicted octanol–water partition coefficient (Wildman–Crippen LogP) is 2.94. The molecule has 3 fully saturated rings. The molecule has 1 N–H and O–H groups in total. The van der Waals surface area contributed by atoms with Gasteiger partial charge in [-0.15, -0.1) is 0 Å². The number of hydrogen-bond donors (Lipinski definition) is 1. The van der Waals surface area contributed by atoms with Gasteiger partial charge in [0.05, 0.1) is 0 Å². The Balaban J connectivity index is 1.63. The van der Waals surface area contributed by atoms with Crippen LogP contribution in [0.5, 0.6) is 0 Å². The molecule has 2 nitrogen and oxygen atoms in total. The maximum Gasteiger partial charge on any atom is 0.0369 e. The van der Waals surface area contributed by atoms with E-state index in [1.165, 1.54) is 30.4 Å². The van der Waals surface area contributed by atoms with Crippen molar-refractivity contribution in [3.63, 3.8) is 0 Å². The summed E-state index contributed by atoms with van der Waals surface area (Å²) in [5.41, 5.74) is 2.82. The van der Waals surface area contributed by atoms with E-state index in [9.17, 15) is 0 Å². The van der Waals surface area contributed by atoms with Gasteiger partial charge in [0.1, 0.15) is 0 Å². The van der Waals surface area contributed by atoms with Crippen molar-refractivity contribution in [2.75, 3.05) is 7.05 Å². The van der Waals surface area contributed by atoms with Crippen molar-refractivity contribution < 1.29 is 0 Å². The monoisotopic (exact) mass is 242 g/mol. The summed E-state index contributed by atoms with van der Waals surface area (Å²) in [6, 6.07) is 2.68. The van der Waals surface area contributed by atoms with E-state index in [4.69, 9.17) is 0 Å². The molecular formula is C16H22N2. The Labute approximate surface area is 109 Å². The molecule has 18 heavy (non-hydrogen) atoms. The van der Waals surface area contributed by atoms with Crippen LogP contribution in [-0.4, -0.2) is 12.0 Å². The number of aryl methyl sites for hydroxylation is 1. The Morgan fingerprint density at radius 2 is 2.00 bits per heavy atom. The second-order valence-corrected chi connectivity index (χ2v) is 6.56. The van der Waals surface area contributed by atoms with Gasteiger partial charge in [0.25, 0.3) is 0 Å². The van der Waals surface area contributed by atoms with E-state index in [1.54, 1.807) is 0 Å². The van der Waals surface area contributed by atoms with E-state index in [0.717, 1.165) is 29.6 Å². The van der Waals surface area contributed by atoms with Gasteiger partial charge in [0.2, 0.25) is 0 Å². The first-order valence-corrected chi connectivity index (χ1v) is 7.39. The van der Waals surface area contributed by atoms with Crippen LogP contribution in [0.4, 0.5) is 0 Å². The molecule has 1 heterocycles. The van der Waals surface area contributed by atoms with E-state index in [2.05, 4.69) is 36.5 Å². The minimum Gasteiger partial charge on any atom is -0.313 e. The van der Waals surface area contributed by atoms with Gasteiger partial charge in [-0.2, -0.15) is 0 Å².